The molecular formula is C22H25N5O2S. The lowest BCUT2D eigenvalue weighted by molar-refractivity contribution is 0.229. The summed E-state index contributed by atoms with van der Waals surface area (Å²) in [6.45, 7) is 3.11. The summed E-state index contributed by atoms with van der Waals surface area (Å²) in [5.41, 5.74) is 1.31. The van der Waals surface area contributed by atoms with E-state index in [1.54, 1.807) is 23.6 Å². The Morgan fingerprint density at radius 1 is 1.17 bits per heavy atom. The Balaban J connectivity index is 1.36. The summed E-state index contributed by atoms with van der Waals surface area (Å²) in [5.74, 6) is 0. The molecule has 7 nitrogen and oxygen atoms in total. The van der Waals surface area contributed by atoms with Gasteiger partial charge < -0.3 is 10.6 Å². The molecule has 4 rings (SSSR count). The Bertz CT molecular complexity index is 1030. The Labute approximate surface area is 179 Å². The van der Waals surface area contributed by atoms with Crippen molar-refractivity contribution in [3.8, 4) is 0 Å². The summed E-state index contributed by atoms with van der Waals surface area (Å²) in [6.07, 6.45) is 5.60. The number of urea groups is 1. The Kier molecular flexibility index (Phi) is 6.56. The fourth-order valence-electron chi connectivity index (χ4n) is 3.76. The minimum Gasteiger partial charge on any atom is -0.336 e. The zero-order valence-corrected chi connectivity index (χ0v) is 17.5. The van der Waals surface area contributed by atoms with E-state index in [9.17, 15) is 9.59 Å². The average molecular weight is 424 g/mol. The van der Waals surface area contributed by atoms with Crippen molar-refractivity contribution in [3.63, 3.8) is 0 Å². The van der Waals surface area contributed by atoms with E-state index >= 15 is 0 Å². The number of rotatable bonds is 7. The molecule has 2 aromatic heterocycles. The van der Waals surface area contributed by atoms with Gasteiger partial charge in [-0.05, 0) is 61.1 Å². The molecule has 2 N–H and O–H groups in total. The molecule has 156 valence electrons. The number of carbonyl (C=O) groups excluding carboxylic acids is 1. The number of benzene rings is 1. The van der Waals surface area contributed by atoms with Crippen molar-refractivity contribution >= 4 is 23.1 Å². The molecule has 1 atom stereocenters. The van der Waals surface area contributed by atoms with Crippen LogP contribution in [0.3, 0.4) is 0 Å². The third-order valence-electron chi connectivity index (χ3n) is 5.23. The van der Waals surface area contributed by atoms with E-state index in [1.807, 2.05) is 24.3 Å². The van der Waals surface area contributed by atoms with Gasteiger partial charge in [0.1, 0.15) is 0 Å². The van der Waals surface area contributed by atoms with Gasteiger partial charge in [0.2, 0.25) is 0 Å². The zero-order chi connectivity index (χ0) is 20.8. The molecule has 8 heteroatoms. The normalized spacial score (nSPS) is 15.1. The van der Waals surface area contributed by atoms with Crippen LogP contribution in [0.4, 0.5) is 10.5 Å². The molecular weight excluding hydrogens is 398 g/mol. The minimum absolute atomic E-state index is 0.210. The van der Waals surface area contributed by atoms with E-state index in [1.165, 1.54) is 28.5 Å². The lowest BCUT2D eigenvalue weighted by Gasteiger charge is -2.27. The van der Waals surface area contributed by atoms with Gasteiger partial charge in [-0.1, -0.05) is 18.2 Å². The topological polar surface area (TPSA) is 79.3 Å². The fraction of sp³-hybridized carbons (Fsp3) is 0.318. The second-order valence-electron chi connectivity index (χ2n) is 7.34. The van der Waals surface area contributed by atoms with E-state index < -0.39 is 0 Å². The van der Waals surface area contributed by atoms with Crippen molar-refractivity contribution in [3.05, 3.63) is 81.2 Å². The van der Waals surface area contributed by atoms with Gasteiger partial charge in [0, 0.05) is 29.5 Å². The number of nitrogens with zero attached hydrogens (tertiary/aromatic N) is 3. The van der Waals surface area contributed by atoms with Crippen LogP contribution in [0.15, 0.2) is 65.0 Å². The van der Waals surface area contributed by atoms with Crippen molar-refractivity contribution in [2.24, 2.45) is 0 Å². The third kappa shape index (κ3) is 5.14. The minimum atomic E-state index is -0.296. The Morgan fingerprint density at radius 2 is 2.03 bits per heavy atom. The lowest BCUT2D eigenvalue weighted by Crippen LogP contribution is -2.38. The number of likely N-dealkylation sites (tertiary alicyclic amines) is 1. The Morgan fingerprint density at radius 3 is 2.80 bits per heavy atom. The van der Waals surface area contributed by atoms with Gasteiger partial charge in [-0.25, -0.2) is 14.6 Å². The molecule has 1 aliphatic rings. The molecule has 0 bridgehead atoms. The average Bonchev–Trinajstić information content (AvgIpc) is 3.45. The van der Waals surface area contributed by atoms with Crippen LogP contribution in [0.2, 0.25) is 0 Å². The summed E-state index contributed by atoms with van der Waals surface area (Å²) in [6, 6.07) is 13.4. The third-order valence-corrected chi connectivity index (χ3v) is 6.20. The number of anilines is 1. The molecule has 0 spiro atoms. The molecule has 0 saturated carbocycles. The number of nitrogens with one attached hydrogen (secondary N) is 2. The molecule has 0 aliphatic carbocycles. The van der Waals surface area contributed by atoms with Crippen LogP contribution in [0, 0.1) is 0 Å². The number of hydrogen-bond acceptors (Lipinski definition) is 5. The van der Waals surface area contributed by atoms with Gasteiger partial charge in [-0.2, -0.15) is 0 Å². The maximum absolute atomic E-state index is 12.5. The highest BCUT2D eigenvalue weighted by molar-refractivity contribution is 7.10. The Hall–Kier alpha value is -2.97. The van der Waals surface area contributed by atoms with Crippen molar-refractivity contribution in [2.45, 2.75) is 25.4 Å². The molecule has 1 unspecified atom stereocenters. The van der Waals surface area contributed by atoms with E-state index in [0.29, 0.717) is 18.8 Å². The number of thiophene rings is 1. The van der Waals surface area contributed by atoms with Gasteiger partial charge in [-0.3, -0.25) is 9.47 Å². The van der Waals surface area contributed by atoms with Crippen LogP contribution in [0.1, 0.15) is 29.3 Å². The monoisotopic (exact) mass is 423 g/mol. The number of aromatic nitrogens is 2. The molecule has 0 radical (unpaired) electrons. The quantitative estimate of drug-likeness (QED) is 0.611. The van der Waals surface area contributed by atoms with Gasteiger partial charge in [0.25, 0.3) is 0 Å². The fourth-order valence-corrected chi connectivity index (χ4v) is 4.62. The molecule has 1 aliphatic heterocycles. The molecule has 3 heterocycles. The SMILES string of the molecule is O=C(NCC(c1cccs1)N1CCCC1)Nc1cccc(Cn2cccnc2=O)c1. The predicted molar refractivity (Wildman–Crippen MR) is 119 cm³/mol. The van der Waals surface area contributed by atoms with Crippen LogP contribution in [0.5, 0.6) is 0 Å². The van der Waals surface area contributed by atoms with Gasteiger partial charge in [-0.15, -0.1) is 11.3 Å². The highest BCUT2D eigenvalue weighted by Crippen LogP contribution is 2.27. The van der Waals surface area contributed by atoms with Crippen LogP contribution in [0.25, 0.3) is 0 Å². The first-order chi connectivity index (χ1) is 14.7. The van der Waals surface area contributed by atoms with E-state index in [2.05, 4.69) is 38.0 Å². The van der Waals surface area contributed by atoms with E-state index in [-0.39, 0.29) is 17.8 Å². The lowest BCUT2D eigenvalue weighted by atomic mass is 10.2. The maximum Gasteiger partial charge on any atom is 0.347 e. The smallest absolute Gasteiger partial charge is 0.336 e. The highest BCUT2D eigenvalue weighted by Gasteiger charge is 2.24. The molecule has 1 saturated heterocycles. The summed E-state index contributed by atoms with van der Waals surface area (Å²) in [4.78, 5) is 31.8. The van der Waals surface area contributed by atoms with Gasteiger partial charge in [0.05, 0.1) is 12.6 Å². The number of carbonyl (C=O) groups is 1. The van der Waals surface area contributed by atoms with Crippen molar-refractivity contribution in [1.82, 2.24) is 19.8 Å². The largest absolute Gasteiger partial charge is 0.347 e. The van der Waals surface area contributed by atoms with Crippen molar-refractivity contribution in [1.29, 1.82) is 0 Å². The van der Waals surface area contributed by atoms with Gasteiger partial charge in [0.15, 0.2) is 0 Å². The molecule has 30 heavy (non-hydrogen) atoms. The highest BCUT2D eigenvalue weighted by atomic mass is 32.1. The first-order valence-corrected chi connectivity index (χ1v) is 11.0. The molecule has 3 aromatic rings. The number of hydrogen-bond donors (Lipinski definition) is 2. The van der Waals surface area contributed by atoms with Crippen LogP contribution >= 0.6 is 11.3 Å². The second-order valence-corrected chi connectivity index (χ2v) is 8.32. The second kappa shape index (κ2) is 9.69. The van der Waals surface area contributed by atoms with Crippen LogP contribution in [-0.4, -0.2) is 40.1 Å². The standard InChI is InChI=1S/C22H25N5O2S/c28-21(24-15-19(20-8-4-13-30-20)26-10-1-2-11-26)25-18-7-3-6-17(14-18)16-27-12-5-9-23-22(27)29/h3-9,12-14,19H,1-2,10-11,15-16H2,(H2,24,25,28). The van der Waals surface area contributed by atoms with E-state index in [0.717, 1.165) is 18.7 Å². The maximum atomic E-state index is 12.5. The molecule has 2 amide bonds. The first kappa shape index (κ1) is 20.3. The van der Waals surface area contributed by atoms with Crippen molar-refractivity contribution in [2.75, 3.05) is 25.0 Å². The van der Waals surface area contributed by atoms with Crippen LogP contribution in [-0.2, 0) is 6.54 Å². The molecule has 1 aromatic carbocycles. The number of amides is 2. The summed E-state index contributed by atoms with van der Waals surface area (Å²) >= 11 is 1.73. The zero-order valence-electron chi connectivity index (χ0n) is 16.7. The van der Waals surface area contributed by atoms with Gasteiger partial charge >= 0.3 is 11.7 Å². The van der Waals surface area contributed by atoms with Crippen molar-refractivity contribution < 1.29 is 4.79 Å². The molecule has 1 fully saturated rings. The van der Waals surface area contributed by atoms with Crippen LogP contribution < -0.4 is 16.3 Å². The predicted octanol–water partition coefficient (Wildman–Crippen LogP) is 3.31. The summed E-state index contributed by atoms with van der Waals surface area (Å²) < 4.78 is 1.53. The summed E-state index contributed by atoms with van der Waals surface area (Å²) in [5, 5.41) is 8.01. The summed E-state index contributed by atoms with van der Waals surface area (Å²) in [7, 11) is 0. The first-order valence-electron chi connectivity index (χ1n) is 10.1. The van der Waals surface area contributed by atoms with E-state index in [4.69, 9.17) is 0 Å².